The molecule has 11 heteroatoms. The number of hydrogen-bond donors (Lipinski definition) is 2. The predicted octanol–water partition coefficient (Wildman–Crippen LogP) is 3.89. The van der Waals surface area contributed by atoms with Gasteiger partial charge in [0, 0.05) is 29.3 Å². The number of pyridine rings is 1. The summed E-state index contributed by atoms with van der Waals surface area (Å²) in [4.78, 5) is 50.6. The summed E-state index contributed by atoms with van der Waals surface area (Å²) < 4.78 is 17.5. The first-order valence-electron chi connectivity index (χ1n) is 14.2. The molecule has 0 radical (unpaired) electrons. The van der Waals surface area contributed by atoms with Crippen LogP contribution < -0.4 is 20.1 Å². The Morgan fingerprint density at radius 3 is 2.77 bits per heavy atom. The highest BCUT2D eigenvalue weighted by molar-refractivity contribution is 6.00. The van der Waals surface area contributed by atoms with Crippen molar-refractivity contribution in [3.63, 3.8) is 0 Å². The van der Waals surface area contributed by atoms with E-state index in [2.05, 4.69) is 20.6 Å². The smallest absolute Gasteiger partial charge is 0.254 e. The number of benzene rings is 2. The Bertz CT molecular complexity index is 1650. The fourth-order valence-electron chi connectivity index (χ4n) is 4.93. The maximum absolute atomic E-state index is 13.7. The molecule has 2 N–H and O–H groups in total. The third-order valence-corrected chi connectivity index (χ3v) is 7.30. The first-order chi connectivity index (χ1) is 20.7. The zero-order chi connectivity index (χ0) is 30.5. The van der Waals surface area contributed by atoms with E-state index in [0.29, 0.717) is 46.4 Å². The molecular weight excluding hydrogens is 550 g/mol. The van der Waals surface area contributed by atoms with Crippen LogP contribution in [0.25, 0.3) is 22.4 Å². The van der Waals surface area contributed by atoms with Gasteiger partial charge in [-0.05, 0) is 61.7 Å². The minimum Gasteiger partial charge on any atom is -0.493 e. The van der Waals surface area contributed by atoms with Crippen LogP contribution in [-0.2, 0) is 16.1 Å². The molecule has 1 atom stereocenters. The Labute approximate surface area is 249 Å². The summed E-state index contributed by atoms with van der Waals surface area (Å²) in [6.07, 6.45) is 2.12. The molecular formula is C32H35N5O6. The van der Waals surface area contributed by atoms with Crippen LogP contribution in [0.3, 0.4) is 0 Å². The molecule has 0 unspecified atom stereocenters. The van der Waals surface area contributed by atoms with E-state index in [1.54, 1.807) is 56.6 Å². The Morgan fingerprint density at radius 1 is 1.14 bits per heavy atom. The standard InChI is InChI=1S/C32H35N5O6/c1-19(2)29-30(39)34-17-25-20(3)43-31(35-25)22-9-11-26(41-4)27(16-22)42-14-6-13-37(18-28(38)36-29)32(40)23-8-10-24-21(15-23)7-5-12-33-24/h5,7-12,15-16,19,29H,6,13-14,17-18H2,1-4H3,(H,34,39)(H,36,38)/t29-/m0/s1. The van der Waals surface area contributed by atoms with E-state index < -0.39 is 11.9 Å². The van der Waals surface area contributed by atoms with Gasteiger partial charge in [-0.15, -0.1) is 0 Å². The lowest BCUT2D eigenvalue weighted by molar-refractivity contribution is -0.130. The molecule has 0 fully saturated rings. The number of ether oxygens (including phenoxy) is 2. The Balaban J connectivity index is 1.45. The topological polar surface area (TPSA) is 136 Å². The number of methoxy groups -OCH3 is 1. The molecule has 2 aromatic carbocycles. The second-order valence-electron chi connectivity index (χ2n) is 10.7. The van der Waals surface area contributed by atoms with Crippen molar-refractivity contribution in [2.24, 2.45) is 5.92 Å². The SMILES string of the molecule is COc1ccc2cc1OCCCN(C(=O)c1ccc3ncccc3c1)CC(=O)N[C@@H](C(C)C)C(=O)NCc1nc-2oc1C. The fourth-order valence-corrected chi connectivity index (χ4v) is 4.93. The summed E-state index contributed by atoms with van der Waals surface area (Å²) in [5.41, 5.74) is 2.46. The molecule has 0 saturated heterocycles. The molecule has 11 nitrogen and oxygen atoms in total. The highest BCUT2D eigenvalue weighted by Crippen LogP contribution is 2.33. The lowest BCUT2D eigenvalue weighted by Crippen LogP contribution is -2.52. The average molecular weight is 586 g/mol. The molecule has 2 aromatic heterocycles. The lowest BCUT2D eigenvalue weighted by atomic mass is 10.0. The Morgan fingerprint density at radius 2 is 1.98 bits per heavy atom. The molecule has 0 saturated carbocycles. The van der Waals surface area contributed by atoms with E-state index in [9.17, 15) is 14.4 Å². The average Bonchev–Trinajstić information content (AvgIpc) is 3.38. The highest BCUT2D eigenvalue weighted by atomic mass is 16.5. The largest absolute Gasteiger partial charge is 0.493 e. The zero-order valence-electron chi connectivity index (χ0n) is 24.7. The maximum atomic E-state index is 13.7. The van der Waals surface area contributed by atoms with Crippen LogP contribution in [0.4, 0.5) is 0 Å². The van der Waals surface area contributed by atoms with Crippen molar-refractivity contribution in [1.29, 1.82) is 0 Å². The Kier molecular flexibility index (Phi) is 8.89. The van der Waals surface area contributed by atoms with Gasteiger partial charge in [-0.1, -0.05) is 19.9 Å². The number of nitrogens with one attached hydrogen (secondary N) is 2. The highest BCUT2D eigenvalue weighted by Gasteiger charge is 2.27. The molecule has 4 aromatic rings. The molecule has 0 spiro atoms. The van der Waals surface area contributed by atoms with Crippen LogP contribution in [-0.4, -0.2) is 65.4 Å². The second kappa shape index (κ2) is 12.9. The normalized spacial score (nSPS) is 16.6. The number of amides is 3. The van der Waals surface area contributed by atoms with Crippen molar-refractivity contribution >= 4 is 28.6 Å². The van der Waals surface area contributed by atoms with Crippen LogP contribution in [0.5, 0.6) is 11.5 Å². The van der Waals surface area contributed by atoms with Gasteiger partial charge < -0.3 is 29.4 Å². The first kappa shape index (κ1) is 29.6. The fraction of sp³-hybridized carbons (Fsp3) is 0.344. The van der Waals surface area contributed by atoms with Gasteiger partial charge in [0.05, 0.1) is 32.3 Å². The van der Waals surface area contributed by atoms with Crippen LogP contribution >= 0.6 is 0 Å². The number of carbonyl (C=O) groups is 3. The third-order valence-electron chi connectivity index (χ3n) is 7.30. The third kappa shape index (κ3) is 6.77. The van der Waals surface area contributed by atoms with E-state index in [1.165, 1.54) is 4.90 Å². The minimum absolute atomic E-state index is 0.119. The number of rotatable bonds is 3. The van der Waals surface area contributed by atoms with E-state index in [-0.39, 0.29) is 44.0 Å². The molecule has 43 heavy (non-hydrogen) atoms. The summed E-state index contributed by atoms with van der Waals surface area (Å²) in [7, 11) is 1.55. The molecule has 1 aliphatic rings. The molecule has 224 valence electrons. The van der Waals surface area contributed by atoms with E-state index in [1.807, 2.05) is 26.0 Å². The summed E-state index contributed by atoms with van der Waals surface area (Å²) >= 11 is 0. The zero-order valence-corrected chi connectivity index (χ0v) is 24.7. The van der Waals surface area contributed by atoms with Crippen molar-refractivity contribution in [3.05, 3.63) is 71.7 Å². The summed E-state index contributed by atoms with van der Waals surface area (Å²) in [6, 6.07) is 13.5. The van der Waals surface area contributed by atoms with Gasteiger partial charge in [-0.25, -0.2) is 4.98 Å². The number of oxazole rings is 1. The van der Waals surface area contributed by atoms with E-state index >= 15 is 0 Å². The van der Waals surface area contributed by atoms with Crippen molar-refractivity contribution in [1.82, 2.24) is 25.5 Å². The number of fused-ring (bicyclic) bond motifs is 6. The number of aromatic nitrogens is 2. The molecule has 3 amide bonds. The number of aryl methyl sites for hydroxylation is 1. The van der Waals surface area contributed by atoms with Crippen molar-refractivity contribution < 1.29 is 28.3 Å². The van der Waals surface area contributed by atoms with Crippen LogP contribution in [0.2, 0.25) is 0 Å². The monoisotopic (exact) mass is 585 g/mol. The molecule has 3 heterocycles. The first-order valence-corrected chi connectivity index (χ1v) is 14.2. The van der Waals surface area contributed by atoms with Crippen LogP contribution in [0.15, 0.2) is 59.1 Å². The van der Waals surface area contributed by atoms with Gasteiger partial charge >= 0.3 is 0 Å². The van der Waals surface area contributed by atoms with Gasteiger partial charge in [-0.3, -0.25) is 19.4 Å². The quantitative estimate of drug-likeness (QED) is 0.370. The summed E-state index contributed by atoms with van der Waals surface area (Å²) in [5.74, 6) is 0.660. The summed E-state index contributed by atoms with van der Waals surface area (Å²) in [6.45, 7) is 5.85. The van der Waals surface area contributed by atoms with E-state index in [4.69, 9.17) is 13.9 Å². The second-order valence-corrected chi connectivity index (χ2v) is 10.7. The van der Waals surface area contributed by atoms with Gasteiger partial charge in [0.15, 0.2) is 11.5 Å². The molecule has 1 aliphatic heterocycles. The van der Waals surface area contributed by atoms with Gasteiger partial charge in [-0.2, -0.15) is 0 Å². The molecule has 0 aliphatic carbocycles. The molecule has 5 rings (SSSR count). The van der Waals surface area contributed by atoms with Crippen LogP contribution in [0, 0.1) is 12.8 Å². The van der Waals surface area contributed by atoms with Crippen molar-refractivity contribution in [2.45, 2.75) is 39.8 Å². The number of hydrogen-bond acceptors (Lipinski definition) is 8. The minimum atomic E-state index is -0.811. The predicted molar refractivity (Wildman–Crippen MR) is 160 cm³/mol. The van der Waals surface area contributed by atoms with Gasteiger partial charge in [0.25, 0.3) is 5.91 Å². The van der Waals surface area contributed by atoms with Crippen LogP contribution in [0.1, 0.15) is 42.1 Å². The van der Waals surface area contributed by atoms with Crippen molar-refractivity contribution in [3.8, 4) is 23.0 Å². The maximum Gasteiger partial charge on any atom is 0.254 e. The number of carbonyl (C=O) groups excluding carboxylic acids is 3. The Hall–Kier alpha value is -4.93. The van der Waals surface area contributed by atoms with Crippen molar-refractivity contribution in [2.75, 3.05) is 26.8 Å². The van der Waals surface area contributed by atoms with E-state index in [0.717, 1.165) is 10.9 Å². The lowest BCUT2D eigenvalue weighted by Gasteiger charge is -2.26. The van der Waals surface area contributed by atoms with Gasteiger partial charge in [0.1, 0.15) is 17.5 Å². The summed E-state index contributed by atoms with van der Waals surface area (Å²) in [5, 5.41) is 6.51. The molecule has 4 bridgehead atoms. The van der Waals surface area contributed by atoms with Gasteiger partial charge in [0.2, 0.25) is 17.7 Å². The number of nitrogens with zero attached hydrogens (tertiary/aromatic N) is 3.